The first-order chi connectivity index (χ1) is 11.4. The third kappa shape index (κ3) is 4.71. The predicted molar refractivity (Wildman–Crippen MR) is 102 cm³/mol. The molecule has 6 heteroatoms. The minimum Gasteiger partial charge on any atom is -0.369 e. The van der Waals surface area contributed by atoms with Crippen molar-refractivity contribution in [1.29, 1.82) is 0 Å². The molecule has 1 heterocycles. The molecule has 5 nitrogen and oxygen atoms in total. The van der Waals surface area contributed by atoms with Crippen LogP contribution < -0.4 is 15.8 Å². The number of pyridine rings is 1. The van der Waals surface area contributed by atoms with Crippen molar-refractivity contribution >= 4 is 33.2 Å². The molecule has 1 aromatic heterocycles. The van der Waals surface area contributed by atoms with E-state index in [0.717, 1.165) is 16.7 Å². The molecule has 0 fully saturated rings. The number of rotatable bonds is 6. The van der Waals surface area contributed by atoms with Gasteiger partial charge in [0, 0.05) is 40.7 Å². The largest absolute Gasteiger partial charge is 0.369 e. The van der Waals surface area contributed by atoms with E-state index < -0.39 is 0 Å². The number of hydrogen-bond donors (Lipinski definition) is 1. The van der Waals surface area contributed by atoms with Gasteiger partial charge in [-0.1, -0.05) is 0 Å². The Morgan fingerprint density at radius 1 is 1.21 bits per heavy atom. The number of hydrogen-bond acceptors (Lipinski definition) is 3. The Hall–Kier alpha value is -2.08. The molecule has 2 aromatic rings. The van der Waals surface area contributed by atoms with Crippen LogP contribution in [0.25, 0.3) is 0 Å². The van der Waals surface area contributed by atoms with E-state index in [-0.39, 0.29) is 18.0 Å². The zero-order valence-electron chi connectivity index (χ0n) is 14.1. The van der Waals surface area contributed by atoms with Crippen LogP contribution in [0.1, 0.15) is 20.8 Å². The summed E-state index contributed by atoms with van der Waals surface area (Å²) in [6.45, 7) is 7.32. The van der Waals surface area contributed by atoms with Crippen LogP contribution in [-0.4, -0.2) is 23.1 Å². The first-order valence-electron chi connectivity index (χ1n) is 7.93. The predicted octanol–water partition coefficient (Wildman–Crippen LogP) is 3.48. The molecule has 128 valence electrons. The van der Waals surface area contributed by atoms with Crippen molar-refractivity contribution in [2.45, 2.75) is 33.4 Å². The molecule has 1 amide bonds. The number of nitrogens with one attached hydrogen (secondary N) is 1. The highest BCUT2D eigenvalue weighted by atomic mass is 79.9. The summed E-state index contributed by atoms with van der Waals surface area (Å²) in [5.41, 5.74) is 1.62. The van der Waals surface area contributed by atoms with Crippen LogP contribution in [0, 0.1) is 0 Å². The molecule has 0 saturated heterocycles. The fourth-order valence-electron chi connectivity index (χ4n) is 2.56. The van der Waals surface area contributed by atoms with Gasteiger partial charge in [0.05, 0.1) is 0 Å². The summed E-state index contributed by atoms with van der Waals surface area (Å²) in [7, 11) is 0. The van der Waals surface area contributed by atoms with Gasteiger partial charge in [-0.25, -0.2) is 0 Å². The molecule has 0 aliphatic carbocycles. The normalized spacial score (nSPS) is 10.7. The van der Waals surface area contributed by atoms with Gasteiger partial charge in [-0.2, -0.15) is 0 Å². The minimum atomic E-state index is -0.237. The van der Waals surface area contributed by atoms with Crippen LogP contribution in [0.15, 0.2) is 51.9 Å². The number of amides is 1. The fourth-order valence-corrected chi connectivity index (χ4v) is 2.94. The summed E-state index contributed by atoms with van der Waals surface area (Å²) >= 11 is 3.30. The van der Waals surface area contributed by atoms with Gasteiger partial charge in [0.2, 0.25) is 5.91 Å². The molecule has 0 aliphatic heterocycles. The number of carbonyl (C=O) groups is 1. The Morgan fingerprint density at radius 3 is 2.46 bits per heavy atom. The molecule has 0 unspecified atom stereocenters. The van der Waals surface area contributed by atoms with E-state index in [1.807, 2.05) is 24.3 Å². The molecule has 1 aromatic carbocycles. The van der Waals surface area contributed by atoms with Crippen molar-refractivity contribution in [2.75, 3.05) is 16.8 Å². The average molecular weight is 392 g/mol. The molecule has 0 saturated carbocycles. The van der Waals surface area contributed by atoms with Crippen molar-refractivity contribution in [2.24, 2.45) is 0 Å². The molecular weight excluding hydrogens is 370 g/mol. The third-order valence-electron chi connectivity index (χ3n) is 3.71. The summed E-state index contributed by atoms with van der Waals surface area (Å²) < 4.78 is 2.12. The highest BCUT2D eigenvalue weighted by Crippen LogP contribution is 2.19. The summed E-state index contributed by atoms with van der Waals surface area (Å²) in [4.78, 5) is 26.1. The van der Waals surface area contributed by atoms with Crippen LogP contribution in [0.2, 0.25) is 0 Å². The molecule has 0 spiro atoms. The maximum absolute atomic E-state index is 12.1. The Balaban J connectivity index is 2.04. The maximum atomic E-state index is 12.1. The van der Waals surface area contributed by atoms with E-state index in [9.17, 15) is 9.59 Å². The monoisotopic (exact) mass is 391 g/mol. The Kier molecular flexibility index (Phi) is 6.20. The van der Waals surface area contributed by atoms with E-state index in [4.69, 9.17) is 0 Å². The van der Waals surface area contributed by atoms with Crippen LogP contribution >= 0.6 is 15.9 Å². The first-order valence-corrected chi connectivity index (χ1v) is 8.72. The van der Waals surface area contributed by atoms with Gasteiger partial charge < -0.3 is 14.8 Å². The Morgan fingerprint density at radius 2 is 1.88 bits per heavy atom. The van der Waals surface area contributed by atoms with E-state index in [0.29, 0.717) is 11.7 Å². The first kappa shape index (κ1) is 18.3. The smallest absolute Gasteiger partial charge is 0.251 e. The molecule has 24 heavy (non-hydrogen) atoms. The van der Waals surface area contributed by atoms with Crippen molar-refractivity contribution in [3.8, 4) is 0 Å². The average Bonchev–Trinajstić information content (AvgIpc) is 2.53. The molecular formula is C18H22BrN3O2. The van der Waals surface area contributed by atoms with Crippen LogP contribution in [0.3, 0.4) is 0 Å². The number of aromatic nitrogens is 1. The number of nitrogens with zero attached hydrogens (tertiary/aromatic N) is 2. The molecule has 0 radical (unpaired) electrons. The second kappa shape index (κ2) is 8.15. The van der Waals surface area contributed by atoms with Crippen molar-refractivity contribution < 1.29 is 4.79 Å². The van der Waals surface area contributed by atoms with E-state index in [1.165, 1.54) is 10.6 Å². The second-order valence-corrected chi connectivity index (χ2v) is 6.70. The molecule has 0 bridgehead atoms. The van der Waals surface area contributed by atoms with Gasteiger partial charge in [0.25, 0.3) is 5.56 Å². The molecule has 2 rings (SSSR count). The van der Waals surface area contributed by atoms with Gasteiger partial charge in [-0.05, 0) is 67.0 Å². The topological polar surface area (TPSA) is 54.3 Å². The Labute approximate surface area is 150 Å². The van der Waals surface area contributed by atoms with Gasteiger partial charge in [0.15, 0.2) is 0 Å². The van der Waals surface area contributed by atoms with Gasteiger partial charge in [0.1, 0.15) is 6.54 Å². The Bertz CT molecular complexity index is 754. The quantitative estimate of drug-likeness (QED) is 0.819. The van der Waals surface area contributed by atoms with Crippen molar-refractivity contribution in [3.63, 3.8) is 0 Å². The maximum Gasteiger partial charge on any atom is 0.251 e. The second-order valence-electron chi connectivity index (χ2n) is 5.79. The van der Waals surface area contributed by atoms with E-state index >= 15 is 0 Å². The fraction of sp³-hybridized carbons (Fsp3) is 0.333. The standard InChI is InChI=1S/C18H22BrN3O2/c1-4-22(13(2)3)16-8-6-15(7-9-16)20-17(23)12-21-11-14(19)5-10-18(21)24/h5-11,13H,4,12H2,1-3H3,(H,20,23). The zero-order chi connectivity index (χ0) is 17.7. The summed E-state index contributed by atoms with van der Waals surface area (Å²) in [6, 6.07) is 11.2. The molecule has 0 atom stereocenters. The lowest BCUT2D eigenvalue weighted by Gasteiger charge is -2.27. The lowest BCUT2D eigenvalue weighted by atomic mass is 10.2. The number of benzene rings is 1. The van der Waals surface area contributed by atoms with Crippen molar-refractivity contribution in [3.05, 3.63) is 57.4 Å². The van der Waals surface area contributed by atoms with Gasteiger partial charge in [-0.3, -0.25) is 9.59 Å². The summed E-state index contributed by atoms with van der Waals surface area (Å²) in [6.07, 6.45) is 1.60. The lowest BCUT2D eigenvalue weighted by molar-refractivity contribution is -0.116. The molecule has 1 N–H and O–H groups in total. The van der Waals surface area contributed by atoms with Gasteiger partial charge >= 0.3 is 0 Å². The van der Waals surface area contributed by atoms with E-state index in [2.05, 4.69) is 46.9 Å². The van der Waals surface area contributed by atoms with Crippen LogP contribution in [0.4, 0.5) is 11.4 Å². The number of anilines is 2. The number of carbonyl (C=O) groups excluding carboxylic acids is 1. The summed E-state index contributed by atoms with van der Waals surface area (Å²) in [5, 5.41) is 2.82. The van der Waals surface area contributed by atoms with Crippen LogP contribution in [-0.2, 0) is 11.3 Å². The highest BCUT2D eigenvalue weighted by molar-refractivity contribution is 9.10. The van der Waals surface area contributed by atoms with E-state index in [1.54, 1.807) is 12.3 Å². The molecule has 0 aliphatic rings. The van der Waals surface area contributed by atoms with Crippen molar-refractivity contribution in [1.82, 2.24) is 4.57 Å². The summed E-state index contributed by atoms with van der Waals surface area (Å²) in [5.74, 6) is -0.237. The minimum absolute atomic E-state index is 0.0207. The van der Waals surface area contributed by atoms with Crippen LogP contribution in [0.5, 0.6) is 0 Å². The van der Waals surface area contributed by atoms with Gasteiger partial charge in [-0.15, -0.1) is 0 Å². The zero-order valence-corrected chi connectivity index (χ0v) is 15.7. The highest BCUT2D eigenvalue weighted by Gasteiger charge is 2.09. The SMILES string of the molecule is CCN(c1ccc(NC(=O)Cn2cc(Br)ccc2=O)cc1)C(C)C. The number of halogens is 1. The third-order valence-corrected chi connectivity index (χ3v) is 4.18. The lowest BCUT2D eigenvalue weighted by Crippen LogP contribution is -2.30.